The lowest BCUT2D eigenvalue weighted by atomic mass is 10.1. The van der Waals surface area contributed by atoms with Crippen LogP contribution in [0, 0.1) is 5.82 Å². The molecule has 0 aliphatic carbocycles. The molecule has 3 heteroatoms. The van der Waals surface area contributed by atoms with E-state index in [0.29, 0.717) is 12.4 Å². The van der Waals surface area contributed by atoms with Crippen LogP contribution in [0.4, 0.5) is 4.39 Å². The van der Waals surface area contributed by atoms with Gasteiger partial charge in [-0.2, -0.15) is 0 Å². The first-order valence-electron chi connectivity index (χ1n) is 12.9. The summed E-state index contributed by atoms with van der Waals surface area (Å²) in [6.45, 7) is 5.80. The third kappa shape index (κ3) is 10.5. The molecule has 2 aromatic rings. The van der Waals surface area contributed by atoms with Gasteiger partial charge in [-0.1, -0.05) is 103 Å². The zero-order chi connectivity index (χ0) is 22.9. The highest BCUT2D eigenvalue weighted by Crippen LogP contribution is 2.27. The van der Waals surface area contributed by atoms with E-state index in [1.54, 1.807) is 12.1 Å². The Kier molecular flexibility index (Phi) is 13.6. The molecule has 0 saturated carbocycles. The van der Waals surface area contributed by atoms with Crippen molar-refractivity contribution in [2.45, 2.75) is 97.3 Å². The van der Waals surface area contributed by atoms with Gasteiger partial charge in [0.05, 0.1) is 13.2 Å². The summed E-state index contributed by atoms with van der Waals surface area (Å²) in [6, 6.07) is 13.2. The number of rotatable bonds is 18. The van der Waals surface area contributed by atoms with Gasteiger partial charge >= 0.3 is 0 Å². The topological polar surface area (TPSA) is 18.5 Å². The van der Waals surface area contributed by atoms with Gasteiger partial charge in [0, 0.05) is 0 Å². The van der Waals surface area contributed by atoms with Crippen molar-refractivity contribution >= 4 is 0 Å². The van der Waals surface area contributed by atoms with E-state index >= 15 is 0 Å². The molecule has 0 aromatic heterocycles. The Morgan fingerprint density at radius 3 is 1.62 bits per heavy atom. The summed E-state index contributed by atoms with van der Waals surface area (Å²) in [5.74, 6) is 0.920. The Bertz CT molecular complexity index is 726. The maximum Gasteiger partial charge on any atom is 0.165 e. The van der Waals surface area contributed by atoms with Crippen LogP contribution in [0.1, 0.15) is 97.3 Å². The lowest BCUT2D eigenvalue weighted by Crippen LogP contribution is -1.99. The number of ether oxygens (including phenoxy) is 2. The van der Waals surface area contributed by atoms with Crippen molar-refractivity contribution in [3.8, 4) is 22.6 Å². The van der Waals surface area contributed by atoms with E-state index in [-0.39, 0.29) is 5.82 Å². The van der Waals surface area contributed by atoms with Crippen LogP contribution in [0.25, 0.3) is 11.1 Å². The monoisotopic (exact) mass is 442 g/mol. The van der Waals surface area contributed by atoms with Crippen LogP contribution < -0.4 is 9.47 Å². The van der Waals surface area contributed by atoms with Crippen LogP contribution in [-0.2, 0) is 0 Å². The Morgan fingerprint density at radius 2 is 1.06 bits per heavy atom. The fourth-order valence-corrected chi connectivity index (χ4v) is 3.85. The largest absolute Gasteiger partial charge is 0.494 e. The van der Waals surface area contributed by atoms with E-state index in [4.69, 9.17) is 9.47 Å². The molecule has 2 rings (SSSR count). The average molecular weight is 443 g/mol. The molecule has 0 heterocycles. The molecule has 0 unspecified atom stereocenters. The second-order valence-corrected chi connectivity index (χ2v) is 8.76. The molecule has 178 valence electrons. The lowest BCUT2D eigenvalue weighted by molar-refractivity contribution is 0.290. The SMILES string of the molecule is CCCCCCCCCOc1ccc(-c2ccc(OCCCCCCCC)c(F)c2)cc1. The summed E-state index contributed by atoms with van der Waals surface area (Å²) in [5.41, 5.74) is 1.84. The molecule has 0 fully saturated rings. The first-order chi connectivity index (χ1) is 15.7. The van der Waals surface area contributed by atoms with Crippen molar-refractivity contribution in [2.75, 3.05) is 13.2 Å². The molecule has 0 amide bonds. The second-order valence-electron chi connectivity index (χ2n) is 8.76. The number of unbranched alkanes of at least 4 members (excludes halogenated alkanes) is 11. The van der Waals surface area contributed by atoms with E-state index in [9.17, 15) is 4.39 Å². The van der Waals surface area contributed by atoms with Gasteiger partial charge in [0.2, 0.25) is 0 Å². The molecule has 0 radical (unpaired) electrons. The summed E-state index contributed by atoms with van der Waals surface area (Å²) >= 11 is 0. The van der Waals surface area contributed by atoms with Crippen molar-refractivity contribution in [3.63, 3.8) is 0 Å². The highest BCUT2D eigenvalue weighted by atomic mass is 19.1. The molecule has 0 saturated heterocycles. The van der Waals surface area contributed by atoms with Gasteiger partial charge in [-0.05, 0) is 48.2 Å². The molecular formula is C29H43FO2. The van der Waals surface area contributed by atoms with Crippen molar-refractivity contribution in [1.29, 1.82) is 0 Å². The molecule has 0 aliphatic rings. The molecule has 0 spiro atoms. The number of halogens is 1. The van der Waals surface area contributed by atoms with Gasteiger partial charge in [-0.25, -0.2) is 4.39 Å². The first-order valence-corrected chi connectivity index (χ1v) is 12.9. The minimum absolute atomic E-state index is 0.298. The van der Waals surface area contributed by atoms with E-state index < -0.39 is 0 Å². The van der Waals surface area contributed by atoms with Gasteiger partial charge in [0.15, 0.2) is 11.6 Å². The van der Waals surface area contributed by atoms with E-state index in [0.717, 1.165) is 42.7 Å². The molecule has 2 nitrogen and oxygen atoms in total. The van der Waals surface area contributed by atoms with Crippen LogP contribution in [0.2, 0.25) is 0 Å². The lowest BCUT2D eigenvalue weighted by Gasteiger charge is -2.10. The molecule has 0 atom stereocenters. The minimum atomic E-state index is -0.298. The van der Waals surface area contributed by atoms with Crippen LogP contribution in [0.5, 0.6) is 11.5 Å². The summed E-state index contributed by atoms with van der Waals surface area (Å²) in [7, 11) is 0. The summed E-state index contributed by atoms with van der Waals surface area (Å²) in [5, 5.41) is 0. The zero-order valence-corrected chi connectivity index (χ0v) is 20.3. The van der Waals surface area contributed by atoms with Gasteiger partial charge in [0.25, 0.3) is 0 Å². The van der Waals surface area contributed by atoms with Gasteiger partial charge in [-0.3, -0.25) is 0 Å². The van der Waals surface area contributed by atoms with Gasteiger partial charge in [0.1, 0.15) is 5.75 Å². The van der Waals surface area contributed by atoms with E-state index in [1.807, 2.05) is 30.3 Å². The normalized spacial score (nSPS) is 11.0. The Hall–Kier alpha value is -2.03. The Labute approximate surface area is 195 Å². The third-order valence-electron chi connectivity index (χ3n) is 5.89. The summed E-state index contributed by atoms with van der Waals surface area (Å²) in [6.07, 6.45) is 16.1. The Morgan fingerprint density at radius 1 is 0.562 bits per heavy atom. The zero-order valence-electron chi connectivity index (χ0n) is 20.3. The van der Waals surface area contributed by atoms with Crippen molar-refractivity contribution in [3.05, 3.63) is 48.3 Å². The van der Waals surface area contributed by atoms with Crippen molar-refractivity contribution in [2.24, 2.45) is 0 Å². The first kappa shape index (κ1) is 26.2. The van der Waals surface area contributed by atoms with Gasteiger partial charge < -0.3 is 9.47 Å². The predicted octanol–water partition coefficient (Wildman–Crippen LogP) is 9.36. The van der Waals surface area contributed by atoms with Crippen LogP contribution in [-0.4, -0.2) is 13.2 Å². The number of hydrogen-bond acceptors (Lipinski definition) is 2. The average Bonchev–Trinajstić information content (AvgIpc) is 2.81. The molecular weight excluding hydrogens is 399 g/mol. The van der Waals surface area contributed by atoms with Crippen LogP contribution >= 0.6 is 0 Å². The summed E-state index contributed by atoms with van der Waals surface area (Å²) < 4.78 is 26.0. The maximum atomic E-state index is 14.5. The Balaban J connectivity index is 1.70. The fraction of sp³-hybridized carbons (Fsp3) is 0.586. The van der Waals surface area contributed by atoms with Crippen LogP contribution in [0.15, 0.2) is 42.5 Å². The molecule has 32 heavy (non-hydrogen) atoms. The smallest absolute Gasteiger partial charge is 0.165 e. The fourth-order valence-electron chi connectivity index (χ4n) is 3.85. The summed E-state index contributed by atoms with van der Waals surface area (Å²) in [4.78, 5) is 0. The van der Waals surface area contributed by atoms with E-state index in [1.165, 1.54) is 64.2 Å². The van der Waals surface area contributed by atoms with Crippen molar-refractivity contribution in [1.82, 2.24) is 0 Å². The van der Waals surface area contributed by atoms with E-state index in [2.05, 4.69) is 13.8 Å². The molecule has 2 aromatic carbocycles. The quantitative estimate of drug-likeness (QED) is 0.214. The maximum absolute atomic E-state index is 14.5. The van der Waals surface area contributed by atoms with Gasteiger partial charge in [-0.15, -0.1) is 0 Å². The van der Waals surface area contributed by atoms with Crippen molar-refractivity contribution < 1.29 is 13.9 Å². The van der Waals surface area contributed by atoms with Crippen LogP contribution in [0.3, 0.4) is 0 Å². The molecule has 0 N–H and O–H groups in total. The second kappa shape index (κ2) is 16.6. The minimum Gasteiger partial charge on any atom is -0.494 e. The molecule has 0 bridgehead atoms. The number of hydrogen-bond donors (Lipinski definition) is 0. The highest BCUT2D eigenvalue weighted by Gasteiger charge is 2.07. The number of benzene rings is 2. The predicted molar refractivity (Wildman–Crippen MR) is 134 cm³/mol. The third-order valence-corrected chi connectivity index (χ3v) is 5.89. The highest BCUT2D eigenvalue weighted by molar-refractivity contribution is 5.65. The standard InChI is InChI=1S/C29H43FO2/c1-3-5-7-9-11-13-14-22-31-27-19-16-25(17-20-27)26-18-21-29(28(30)24-26)32-23-15-12-10-8-6-4-2/h16-21,24H,3-15,22-23H2,1-2H3. The molecule has 0 aliphatic heterocycles.